The molecule has 4 nitrogen and oxygen atoms in total. The molecule has 1 heterocycles. The summed E-state index contributed by atoms with van der Waals surface area (Å²) in [5, 5.41) is 22.7. The molecule has 0 aliphatic heterocycles. The molecule has 15 heavy (non-hydrogen) atoms. The van der Waals surface area contributed by atoms with Crippen molar-refractivity contribution >= 4 is 0 Å². The van der Waals surface area contributed by atoms with E-state index in [1.54, 1.807) is 0 Å². The lowest BCUT2D eigenvalue weighted by Crippen LogP contribution is -2.18. The van der Waals surface area contributed by atoms with Crippen molar-refractivity contribution in [1.29, 1.82) is 0 Å². The normalized spacial score (nSPS) is 26.0. The molecule has 1 aliphatic rings. The van der Waals surface area contributed by atoms with Gasteiger partial charge in [-0.3, -0.25) is 4.68 Å². The summed E-state index contributed by atoms with van der Waals surface area (Å²) in [4.78, 5) is 0. The number of aryl methyl sites for hydroxylation is 1. The monoisotopic (exact) mass is 210 g/mol. The quantitative estimate of drug-likeness (QED) is 0.776. The zero-order valence-corrected chi connectivity index (χ0v) is 8.84. The summed E-state index contributed by atoms with van der Waals surface area (Å²) in [6, 6.07) is 0.160. The molecule has 2 unspecified atom stereocenters. The fraction of sp³-hybridized carbons (Fsp3) is 0.727. The predicted molar refractivity (Wildman–Crippen MR) is 56.5 cm³/mol. The van der Waals surface area contributed by atoms with Crippen LogP contribution < -0.4 is 0 Å². The Morgan fingerprint density at radius 3 is 3.00 bits per heavy atom. The van der Waals surface area contributed by atoms with Crippen LogP contribution in [-0.4, -0.2) is 32.7 Å². The Labute approximate surface area is 89.5 Å². The number of aromatic nitrogens is 2. The van der Waals surface area contributed by atoms with Crippen LogP contribution in [-0.2, 0) is 6.42 Å². The zero-order valence-electron chi connectivity index (χ0n) is 8.84. The Hall–Kier alpha value is -0.870. The smallest absolute Gasteiger partial charge is 0.0778 e. The van der Waals surface area contributed by atoms with E-state index in [9.17, 15) is 5.11 Å². The molecule has 2 atom stereocenters. The van der Waals surface area contributed by atoms with Gasteiger partial charge in [0.2, 0.25) is 0 Å². The van der Waals surface area contributed by atoms with Crippen LogP contribution in [0.4, 0.5) is 0 Å². The second-order valence-corrected chi connectivity index (χ2v) is 4.22. The maximum absolute atomic E-state index is 9.73. The first-order chi connectivity index (χ1) is 7.31. The van der Waals surface area contributed by atoms with Gasteiger partial charge in [0.15, 0.2) is 0 Å². The number of rotatable bonds is 4. The lowest BCUT2D eigenvalue weighted by Gasteiger charge is -2.14. The van der Waals surface area contributed by atoms with E-state index in [0.29, 0.717) is 0 Å². The summed E-state index contributed by atoms with van der Waals surface area (Å²) in [7, 11) is 0. The highest BCUT2D eigenvalue weighted by molar-refractivity contribution is 5.05. The van der Waals surface area contributed by atoms with E-state index < -0.39 is 0 Å². The SMILES string of the molecule is OCCCc1cnn(C2CCCC2O)c1. The van der Waals surface area contributed by atoms with Gasteiger partial charge in [-0.1, -0.05) is 0 Å². The zero-order chi connectivity index (χ0) is 10.7. The molecule has 0 radical (unpaired) electrons. The predicted octanol–water partition coefficient (Wildman–Crippen LogP) is 0.894. The number of aliphatic hydroxyl groups is 2. The van der Waals surface area contributed by atoms with Crippen molar-refractivity contribution in [3.63, 3.8) is 0 Å². The van der Waals surface area contributed by atoms with E-state index in [1.165, 1.54) is 0 Å². The van der Waals surface area contributed by atoms with Gasteiger partial charge in [0.25, 0.3) is 0 Å². The van der Waals surface area contributed by atoms with E-state index in [4.69, 9.17) is 5.11 Å². The highest BCUT2D eigenvalue weighted by atomic mass is 16.3. The first kappa shape index (κ1) is 10.6. The molecule has 0 amide bonds. The minimum Gasteiger partial charge on any atom is -0.396 e. The van der Waals surface area contributed by atoms with Crippen LogP contribution in [0.15, 0.2) is 12.4 Å². The van der Waals surface area contributed by atoms with Crippen LogP contribution >= 0.6 is 0 Å². The lowest BCUT2D eigenvalue weighted by atomic mass is 10.2. The molecular weight excluding hydrogens is 192 g/mol. The molecule has 1 aromatic rings. The summed E-state index contributed by atoms with van der Waals surface area (Å²) in [6.45, 7) is 0.219. The maximum atomic E-state index is 9.73. The molecule has 0 aromatic carbocycles. The first-order valence-corrected chi connectivity index (χ1v) is 5.63. The largest absolute Gasteiger partial charge is 0.396 e. The molecule has 2 rings (SSSR count). The van der Waals surface area contributed by atoms with Crippen molar-refractivity contribution in [3.05, 3.63) is 18.0 Å². The average molecular weight is 210 g/mol. The summed E-state index contributed by atoms with van der Waals surface area (Å²) in [5.41, 5.74) is 1.14. The minimum absolute atomic E-state index is 0.160. The van der Waals surface area contributed by atoms with Crippen LogP contribution in [0.5, 0.6) is 0 Å². The van der Waals surface area contributed by atoms with Crippen molar-refractivity contribution in [2.75, 3.05) is 6.61 Å². The Bertz CT molecular complexity index is 311. The molecule has 4 heteroatoms. The third kappa shape index (κ3) is 2.38. The van der Waals surface area contributed by atoms with Gasteiger partial charge < -0.3 is 10.2 Å². The van der Waals surface area contributed by atoms with E-state index in [2.05, 4.69) is 5.10 Å². The van der Waals surface area contributed by atoms with Gasteiger partial charge in [-0.25, -0.2) is 0 Å². The average Bonchev–Trinajstić information content (AvgIpc) is 2.83. The number of aliphatic hydroxyl groups excluding tert-OH is 2. The summed E-state index contributed by atoms with van der Waals surface area (Å²) < 4.78 is 1.88. The Morgan fingerprint density at radius 2 is 2.33 bits per heavy atom. The molecule has 84 valence electrons. The van der Waals surface area contributed by atoms with E-state index in [0.717, 1.165) is 37.7 Å². The molecule has 1 aliphatic carbocycles. The minimum atomic E-state index is -0.240. The molecule has 2 N–H and O–H groups in total. The number of hydrogen-bond donors (Lipinski definition) is 2. The molecular formula is C11H18N2O2. The molecule has 0 bridgehead atoms. The third-order valence-electron chi connectivity index (χ3n) is 3.06. The van der Waals surface area contributed by atoms with Gasteiger partial charge in [0.1, 0.15) is 0 Å². The van der Waals surface area contributed by atoms with Gasteiger partial charge in [-0.2, -0.15) is 5.10 Å². The van der Waals surface area contributed by atoms with E-state index in [-0.39, 0.29) is 18.8 Å². The molecule has 1 fully saturated rings. The van der Waals surface area contributed by atoms with Gasteiger partial charge >= 0.3 is 0 Å². The van der Waals surface area contributed by atoms with Crippen LogP contribution in [0.3, 0.4) is 0 Å². The summed E-state index contributed by atoms with van der Waals surface area (Å²) in [6.07, 6.45) is 8.21. The summed E-state index contributed by atoms with van der Waals surface area (Å²) in [5.74, 6) is 0. The van der Waals surface area contributed by atoms with Crippen molar-refractivity contribution in [3.8, 4) is 0 Å². The highest BCUT2D eigenvalue weighted by Gasteiger charge is 2.27. The highest BCUT2D eigenvalue weighted by Crippen LogP contribution is 2.29. The third-order valence-corrected chi connectivity index (χ3v) is 3.06. The second kappa shape index (κ2) is 4.77. The number of nitrogens with zero attached hydrogens (tertiary/aromatic N) is 2. The fourth-order valence-electron chi connectivity index (χ4n) is 2.20. The van der Waals surface area contributed by atoms with Crippen molar-refractivity contribution < 1.29 is 10.2 Å². The topological polar surface area (TPSA) is 58.3 Å². The van der Waals surface area contributed by atoms with Crippen molar-refractivity contribution in [2.45, 2.75) is 44.2 Å². The van der Waals surface area contributed by atoms with Gasteiger partial charge in [-0.05, 0) is 37.7 Å². The van der Waals surface area contributed by atoms with Gasteiger partial charge in [-0.15, -0.1) is 0 Å². The van der Waals surface area contributed by atoms with Crippen LogP contribution in [0, 0.1) is 0 Å². The van der Waals surface area contributed by atoms with Crippen LogP contribution in [0.2, 0.25) is 0 Å². The molecule has 0 saturated heterocycles. The molecule has 0 spiro atoms. The van der Waals surface area contributed by atoms with Crippen LogP contribution in [0.1, 0.15) is 37.3 Å². The van der Waals surface area contributed by atoms with Gasteiger partial charge in [0, 0.05) is 12.8 Å². The molecule has 1 saturated carbocycles. The maximum Gasteiger partial charge on any atom is 0.0778 e. The standard InChI is InChI=1S/C11H18N2O2/c14-6-2-3-9-7-12-13(8-9)10-4-1-5-11(10)15/h7-8,10-11,14-15H,1-6H2. The Morgan fingerprint density at radius 1 is 1.47 bits per heavy atom. The van der Waals surface area contributed by atoms with Crippen molar-refractivity contribution in [2.24, 2.45) is 0 Å². The second-order valence-electron chi connectivity index (χ2n) is 4.22. The fourth-order valence-corrected chi connectivity index (χ4v) is 2.20. The van der Waals surface area contributed by atoms with E-state index in [1.807, 2.05) is 17.1 Å². The number of hydrogen-bond acceptors (Lipinski definition) is 3. The Kier molecular flexibility index (Phi) is 3.38. The lowest BCUT2D eigenvalue weighted by molar-refractivity contribution is 0.130. The Balaban J connectivity index is 1.99. The van der Waals surface area contributed by atoms with Gasteiger partial charge in [0.05, 0.1) is 18.3 Å². The molecule has 1 aromatic heterocycles. The van der Waals surface area contributed by atoms with Crippen molar-refractivity contribution in [1.82, 2.24) is 9.78 Å². The van der Waals surface area contributed by atoms with Crippen LogP contribution in [0.25, 0.3) is 0 Å². The first-order valence-electron chi connectivity index (χ1n) is 5.63. The van der Waals surface area contributed by atoms with E-state index >= 15 is 0 Å². The summed E-state index contributed by atoms with van der Waals surface area (Å²) >= 11 is 0.